The predicted octanol–water partition coefficient (Wildman–Crippen LogP) is 2.82. The number of pyridine rings is 1. The molecule has 0 aliphatic rings. The van der Waals surface area contributed by atoms with Crippen LogP contribution < -0.4 is 11.4 Å². The SMILES string of the molecule is Cc1cc2c(C)c(Cc3ccnc(N)c3F)c(=O)oc2cc1O. The van der Waals surface area contributed by atoms with E-state index in [-0.39, 0.29) is 23.6 Å². The molecule has 2 aromatic heterocycles. The van der Waals surface area contributed by atoms with Gasteiger partial charge in [0.1, 0.15) is 11.3 Å². The van der Waals surface area contributed by atoms with Gasteiger partial charge in [0.25, 0.3) is 0 Å². The Morgan fingerprint density at radius 2 is 2.09 bits per heavy atom. The molecule has 0 spiro atoms. The van der Waals surface area contributed by atoms with E-state index in [0.29, 0.717) is 27.7 Å². The molecule has 0 saturated carbocycles. The summed E-state index contributed by atoms with van der Waals surface area (Å²) in [6, 6.07) is 4.63. The number of hydrogen-bond acceptors (Lipinski definition) is 5. The van der Waals surface area contributed by atoms with Crippen LogP contribution in [-0.2, 0) is 6.42 Å². The third-order valence-electron chi connectivity index (χ3n) is 3.97. The zero-order valence-electron chi connectivity index (χ0n) is 12.7. The number of phenolic OH excluding ortho intramolecular Hbond substituents is 1. The van der Waals surface area contributed by atoms with E-state index in [4.69, 9.17) is 10.2 Å². The molecule has 0 amide bonds. The fourth-order valence-electron chi connectivity index (χ4n) is 2.57. The summed E-state index contributed by atoms with van der Waals surface area (Å²) in [5.41, 5.74) is 7.19. The fourth-order valence-corrected chi connectivity index (χ4v) is 2.57. The van der Waals surface area contributed by atoms with E-state index in [1.54, 1.807) is 19.9 Å². The van der Waals surface area contributed by atoms with Crippen LogP contribution in [0.1, 0.15) is 22.3 Å². The third-order valence-corrected chi connectivity index (χ3v) is 3.97. The molecule has 0 unspecified atom stereocenters. The van der Waals surface area contributed by atoms with E-state index in [1.165, 1.54) is 18.3 Å². The molecule has 3 N–H and O–H groups in total. The van der Waals surface area contributed by atoms with Crippen LogP contribution in [0.25, 0.3) is 11.0 Å². The van der Waals surface area contributed by atoms with Gasteiger partial charge in [-0.25, -0.2) is 14.2 Å². The lowest BCUT2D eigenvalue weighted by atomic mass is 9.99. The summed E-state index contributed by atoms with van der Waals surface area (Å²) >= 11 is 0. The van der Waals surface area contributed by atoms with E-state index >= 15 is 0 Å². The average molecular weight is 314 g/mol. The highest BCUT2D eigenvalue weighted by Crippen LogP contribution is 2.28. The molecule has 118 valence electrons. The minimum absolute atomic E-state index is 0.0563. The molecule has 0 aliphatic heterocycles. The maximum atomic E-state index is 14.0. The molecule has 0 saturated heterocycles. The number of hydrogen-bond donors (Lipinski definition) is 2. The molecule has 0 bridgehead atoms. The molecule has 1 aromatic carbocycles. The van der Waals surface area contributed by atoms with Crippen LogP contribution in [0.15, 0.2) is 33.6 Å². The Morgan fingerprint density at radius 1 is 1.35 bits per heavy atom. The van der Waals surface area contributed by atoms with Crippen LogP contribution in [0.5, 0.6) is 5.75 Å². The number of aromatic hydroxyl groups is 1. The van der Waals surface area contributed by atoms with Gasteiger partial charge < -0.3 is 15.3 Å². The molecule has 0 fully saturated rings. The quantitative estimate of drug-likeness (QED) is 0.710. The summed E-state index contributed by atoms with van der Waals surface area (Å²) in [5.74, 6) is -0.778. The van der Waals surface area contributed by atoms with E-state index in [1.807, 2.05) is 0 Å². The normalized spacial score (nSPS) is 11.1. The molecule has 0 aliphatic carbocycles. The first kappa shape index (κ1) is 15.0. The molecule has 6 heteroatoms. The minimum Gasteiger partial charge on any atom is -0.508 e. The van der Waals surface area contributed by atoms with Gasteiger partial charge in [0.05, 0.1) is 0 Å². The maximum absolute atomic E-state index is 14.0. The van der Waals surface area contributed by atoms with Gasteiger partial charge in [-0.3, -0.25) is 0 Å². The summed E-state index contributed by atoms with van der Waals surface area (Å²) in [4.78, 5) is 15.9. The number of aryl methyl sites for hydroxylation is 2. The van der Waals surface area contributed by atoms with Crippen LogP contribution in [0.4, 0.5) is 10.2 Å². The zero-order chi connectivity index (χ0) is 16.7. The number of anilines is 1. The lowest BCUT2D eigenvalue weighted by Gasteiger charge is -2.10. The highest BCUT2D eigenvalue weighted by molar-refractivity contribution is 5.83. The summed E-state index contributed by atoms with van der Waals surface area (Å²) < 4.78 is 19.3. The molecule has 3 rings (SSSR count). The van der Waals surface area contributed by atoms with Crippen molar-refractivity contribution >= 4 is 16.8 Å². The van der Waals surface area contributed by atoms with Crippen molar-refractivity contribution in [3.8, 4) is 5.75 Å². The summed E-state index contributed by atoms with van der Waals surface area (Å²) in [7, 11) is 0. The lowest BCUT2D eigenvalue weighted by molar-refractivity contribution is 0.468. The second-order valence-electron chi connectivity index (χ2n) is 5.47. The Morgan fingerprint density at radius 3 is 2.83 bits per heavy atom. The van der Waals surface area contributed by atoms with Gasteiger partial charge in [-0.1, -0.05) is 0 Å². The topological polar surface area (TPSA) is 89.4 Å². The largest absolute Gasteiger partial charge is 0.508 e. The smallest absolute Gasteiger partial charge is 0.340 e. The lowest BCUT2D eigenvalue weighted by Crippen LogP contribution is -2.12. The van der Waals surface area contributed by atoms with Crippen molar-refractivity contribution < 1.29 is 13.9 Å². The van der Waals surface area contributed by atoms with Crippen LogP contribution in [0.2, 0.25) is 0 Å². The highest BCUT2D eigenvalue weighted by atomic mass is 19.1. The fraction of sp³-hybridized carbons (Fsp3) is 0.176. The molecular formula is C17H15FN2O3. The van der Waals surface area contributed by atoms with Crippen molar-refractivity contribution in [3.05, 3.63) is 62.9 Å². The predicted molar refractivity (Wildman–Crippen MR) is 85.0 cm³/mol. The second-order valence-corrected chi connectivity index (χ2v) is 5.47. The zero-order valence-corrected chi connectivity index (χ0v) is 12.7. The first-order valence-electron chi connectivity index (χ1n) is 7.03. The molecular weight excluding hydrogens is 299 g/mol. The summed E-state index contributed by atoms with van der Waals surface area (Å²) in [5, 5.41) is 10.4. The van der Waals surface area contributed by atoms with E-state index < -0.39 is 11.4 Å². The first-order chi connectivity index (χ1) is 10.9. The van der Waals surface area contributed by atoms with Gasteiger partial charge in [-0.15, -0.1) is 0 Å². The molecule has 0 atom stereocenters. The van der Waals surface area contributed by atoms with Gasteiger partial charge in [-0.2, -0.15) is 0 Å². The van der Waals surface area contributed by atoms with Crippen molar-refractivity contribution in [1.82, 2.24) is 4.98 Å². The molecule has 2 heterocycles. The van der Waals surface area contributed by atoms with Gasteiger partial charge in [0, 0.05) is 29.6 Å². The van der Waals surface area contributed by atoms with Crippen molar-refractivity contribution in [2.24, 2.45) is 0 Å². The third kappa shape index (κ3) is 2.52. The van der Waals surface area contributed by atoms with Gasteiger partial charge in [0.15, 0.2) is 11.6 Å². The maximum Gasteiger partial charge on any atom is 0.340 e. The Balaban J connectivity index is 2.20. The van der Waals surface area contributed by atoms with Gasteiger partial charge >= 0.3 is 5.63 Å². The van der Waals surface area contributed by atoms with Crippen molar-refractivity contribution in [1.29, 1.82) is 0 Å². The van der Waals surface area contributed by atoms with E-state index in [9.17, 15) is 14.3 Å². The van der Waals surface area contributed by atoms with Crippen LogP contribution >= 0.6 is 0 Å². The van der Waals surface area contributed by atoms with Crippen molar-refractivity contribution in [2.75, 3.05) is 5.73 Å². The second kappa shape index (κ2) is 5.39. The number of rotatable bonds is 2. The van der Waals surface area contributed by atoms with Crippen LogP contribution in [0.3, 0.4) is 0 Å². The number of nitrogens with two attached hydrogens (primary N) is 1. The molecule has 0 radical (unpaired) electrons. The van der Waals surface area contributed by atoms with E-state index in [2.05, 4.69) is 4.98 Å². The number of aromatic nitrogens is 1. The summed E-state index contributed by atoms with van der Waals surface area (Å²) in [6.45, 7) is 3.52. The van der Waals surface area contributed by atoms with Crippen LogP contribution in [0, 0.1) is 19.7 Å². The number of benzene rings is 1. The number of nitrogen functional groups attached to an aromatic ring is 1. The first-order valence-corrected chi connectivity index (χ1v) is 7.03. The minimum atomic E-state index is -0.631. The Labute approximate surface area is 131 Å². The molecule has 5 nitrogen and oxygen atoms in total. The van der Waals surface area contributed by atoms with E-state index in [0.717, 1.165) is 0 Å². The average Bonchev–Trinajstić information content (AvgIpc) is 2.50. The van der Waals surface area contributed by atoms with Crippen molar-refractivity contribution in [2.45, 2.75) is 20.3 Å². The van der Waals surface area contributed by atoms with Gasteiger partial charge in [-0.05, 0) is 42.7 Å². The number of phenols is 1. The summed E-state index contributed by atoms with van der Waals surface area (Å²) in [6.07, 6.45) is 1.45. The number of nitrogens with zero attached hydrogens (tertiary/aromatic N) is 1. The Hall–Kier alpha value is -2.89. The number of fused-ring (bicyclic) bond motifs is 1. The van der Waals surface area contributed by atoms with Crippen LogP contribution in [-0.4, -0.2) is 10.1 Å². The number of halogens is 1. The van der Waals surface area contributed by atoms with Gasteiger partial charge in [0.2, 0.25) is 0 Å². The monoisotopic (exact) mass is 314 g/mol. The Kier molecular flexibility index (Phi) is 3.52. The molecule has 3 aromatic rings. The standard InChI is InChI=1S/C17H15FN2O3/c1-8-5-11-9(2)12(17(22)23-14(11)7-13(8)21)6-10-3-4-20-16(19)15(10)18/h3-5,7,21H,6H2,1-2H3,(H2,19,20). The highest BCUT2D eigenvalue weighted by Gasteiger charge is 2.16. The van der Waals surface area contributed by atoms with Crippen molar-refractivity contribution in [3.63, 3.8) is 0 Å². The molecule has 23 heavy (non-hydrogen) atoms. The Bertz CT molecular complexity index is 980.